The van der Waals surface area contributed by atoms with E-state index in [1.54, 1.807) is 30.3 Å². The van der Waals surface area contributed by atoms with Crippen LogP contribution in [-0.2, 0) is 0 Å². The summed E-state index contributed by atoms with van der Waals surface area (Å²) in [5.41, 5.74) is 0.670. The Labute approximate surface area is 159 Å². The zero-order valence-electron chi connectivity index (χ0n) is 14.9. The molecule has 7 nitrogen and oxygen atoms in total. The van der Waals surface area contributed by atoms with Gasteiger partial charge in [-0.15, -0.1) is 0 Å². The number of H-pyrrole nitrogens is 1. The number of methoxy groups -OCH3 is 3. The van der Waals surface area contributed by atoms with Gasteiger partial charge in [-0.2, -0.15) is 0 Å². The summed E-state index contributed by atoms with van der Waals surface area (Å²) in [6, 6.07) is 7.99. The lowest BCUT2D eigenvalue weighted by Gasteiger charge is -2.09. The fourth-order valence-corrected chi connectivity index (χ4v) is 2.81. The maximum absolute atomic E-state index is 12.4. The monoisotopic (exact) mass is 388 g/mol. The van der Waals surface area contributed by atoms with Crippen molar-refractivity contribution in [2.75, 3.05) is 21.3 Å². The van der Waals surface area contributed by atoms with Gasteiger partial charge in [-0.05, 0) is 29.8 Å². The van der Waals surface area contributed by atoms with Crippen LogP contribution in [0.2, 0.25) is 0 Å². The maximum Gasteiger partial charge on any atom is 0.259 e. The number of fused-ring (bicyclic) bond motifs is 1. The number of aromatic amines is 1. The van der Waals surface area contributed by atoms with Crippen LogP contribution < -0.4 is 19.8 Å². The molecule has 3 aromatic rings. The molecule has 0 aliphatic rings. The summed E-state index contributed by atoms with van der Waals surface area (Å²) >= 11 is 6.33. The Balaban J connectivity index is 2.08. The molecule has 2 N–H and O–H groups in total. The fraction of sp³-hybridized carbons (Fsp3) is 0.158. The zero-order chi connectivity index (χ0) is 19.6. The highest BCUT2D eigenvalue weighted by Crippen LogP contribution is 2.31. The van der Waals surface area contributed by atoms with Crippen LogP contribution in [-0.4, -0.2) is 36.4 Å². The maximum atomic E-state index is 12.4. The van der Waals surface area contributed by atoms with Crippen molar-refractivity contribution in [1.82, 2.24) is 9.97 Å². The number of phenolic OH excluding ortho intramolecular Hbond substituents is 1. The third-order valence-electron chi connectivity index (χ3n) is 3.93. The Morgan fingerprint density at radius 1 is 1.07 bits per heavy atom. The van der Waals surface area contributed by atoms with E-state index in [4.69, 9.17) is 25.8 Å². The van der Waals surface area contributed by atoms with Gasteiger partial charge in [0.15, 0.2) is 28.8 Å². The lowest BCUT2D eigenvalue weighted by molar-refractivity contribution is 0.355. The van der Waals surface area contributed by atoms with Gasteiger partial charge in [0, 0.05) is 6.07 Å². The van der Waals surface area contributed by atoms with Crippen LogP contribution in [0.25, 0.3) is 22.0 Å². The van der Waals surface area contributed by atoms with Crippen molar-refractivity contribution in [1.29, 1.82) is 0 Å². The van der Waals surface area contributed by atoms with E-state index in [0.29, 0.717) is 33.7 Å². The first-order valence-corrected chi connectivity index (χ1v) is 8.25. The van der Waals surface area contributed by atoms with Crippen molar-refractivity contribution in [2.24, 2.45) is 0 Å². The van der Waals surface area contributed by atoms with Gasteiger partial charge in [-0.1, -0.05) is 17.7 Å². The first-order valence-electron chi connectivity index (χ1n) is 7.87. The van der Waals surface area contributed by atoms with Crippen molar-refractivity contribution < 1.29 is 19.3 Å². The predicted octanol–water partition coefficient (Wildman–Crippen LogP) is 3.39. The minimum absolute atomic E-state index is 0.0208. The Hall–Kier alpha value is -3.19. The number of nitrogens with one attached hydrogen (secondary N) is 1. The number of nitrogens with zero attached hydrogens (tertiary/aromatic N) is 1. The normalized spacial score (nSPS) is 11.5. The molecule has 0 atom stereocenters. The van der Waals surface area contributed by atoms with Crippen LogP contribution in [0, 0.1) is 0 Å². The highest BCUT2D eigenvalue weighted by Gasteiger charge is 2.12. The molecule has 8 heteroatoms. The summed E-state index contributed by atoms with van der Waals surface area (Å²) in [4.78, 5) is 19.5. The standard InChI is InChI=1S/C19H17ClN2O5/c1-25-15-5-4-10(7-14(15)23)6-12(20)18-21-13-9-17(27-3)16(26-2)8-11(13)19(24)22-18/h4-9,23H,1-3H3,(H,21,22,24)/b12-6+. The van der Waals surface area contributed by atoms with Gasteiger partial charge in [0.1, 0.15) is 0 Å². The van der Waals surface area contributed by atoms with Crippen LogP contribution in [0.4, 0.5) is 0 Å². The summed E-state index contributed by atoms with van der Waals surface area (Å²) in [6.45, 7) is 0. The Morgan fingerprint density at radius 3 is 2.37 bits per heavy atom. The Kier molecular flexibility index (Phi) is 5.23. The average molecular weight is 389 g/mol. The molecule has 1 heterocycles. The number of phenols is 1. The zero-order valence-corrected chi connectivity index (χ0v) is 15.6. The molecular formula is C19H17ClN2O5. The highest BCUT2D eigenvalue weighted by atomic mass is 35.5. The Bertz CT molecular complexity index is 1090. The number of aromatic nitrogens is 2. The van der Waals surface area contributed by atoms with Crippen LogP contribution >= 0.6 is 11.6 Å². The molecule has 0 saturated carbocycles. The van der Waals surface area contributed by atoms with E-state index in [1.807, 2.05) is 0 Å². The van der Waals surface area contributed by atoms with E-state index in [1.165, 1.54) is 27.4 Å². The smallest absolute Gasteiger partial charge is 0.259 e. The van der Waals surface area contributed by atoms with Gasteiger partial charge < -0.3 is 24.3 Å². The van der Waals surface area contributed by atoms with Gasteiger partial charge in [0.25, 0.3) is 5.56 Å². The van der Waals surface area contributed by atoms with Crippen molar-refractivity contribution in [3.05, 3.63) is 52.1 Å². The van der Waals surface area contributed by atoms with E-state index < -0.39 is 0 Å². The first-order chi connectivity index (χ1) is 13.0. The average Bonchev–Trinajstić information content (AvgIpc) is 2.67. The third kappa shape index (κ3) is 3.68. The van der Waals surface area contributed by atoms with Crippen molar-refractivity contribution in [3.63, 3.8) is 0 Å². The number of benzene rings is 2. The van der Waals surface area contributed by atoms with E-state index in [9.17, 15) is 9.90 Å². The molecule has 0 radical (unpaired) electrons. The summed E-state index contributed by atoms with van der Waals surface area (Å²) < 4.78 is 15.5. The summed E-state index contributed by atoms with van der Waals surface area (Å²) in [5.74, 6) is 1.40. The molecule has 0 bridgehead atoms. The number of rotatable bonds is 5. The largest absolute Gasteiger partial charge is 0.504 e. The van der Waals surface area contributed by atoms with Gasteiger partial charge in [-0.25, -0.2) is 4.98 Å². The van der Waals surface area contributed by atoms with Crippen LogP contribution in [0.3, 0.4) is 0 Å². The molecular weight excluding hydrogens is 372 g/mol. The second-order valence-electron chi connectivity index (χ2n) is 5.56. The number of ether oxygens (including phenoxy) is 3. The summed E-state index contributed by atoms with van der Waals surface area (Å²) in [6.07, 6.45) is 1.57. The summed E-state index contributed by atoms with van der Waals surface area (Å²) in [7, 11) is 4.45. The topological polar surface area (TPSA) is 93.7 Å². The first kappa shape index (κ1) is 18.6. The molecule has 140 valence electrons. The molecule has 2 aromatic carbocycles. The molecule has 0 aliphatic heterocycles. The van der Waals surface area contributed by atoms with Crippen LogP contribution in [0.5, 0.6) is 23.0 Å². The molecule has 0 saturated heterocycles. The van der Waals surface area contributed by atoms with Gasteiger partial charge in [0.05, 0.1) is 37.3 Å². The lowest BCUT2D eigenvalue weighted by atomic mass is 10.2. The van der Waals surface area contributed by atoms with Crippen LogP contribution in [0.15, 0.2) is 35.1 Å². The SMILES string of the molecule is COc1ccc(/C=C(/Cl)c2nc3cc(OC)c(OC)cc3c(=O)[nH]2)cc1O. The van der Waals surface area contributed by atoms with Gasteiger partial charge >= 0.3 is 0 Å². The molecule has 27 heavy (non-hydrogen) atoms. The van der Waals surface area contributed by atoms with Crippen molar-refractivity contribution in [3.8, 4) is 23.0 Å². The number of hydrogen-bond acceptors (Lipinski definition) is 6. The quantitative estimate of drug-likeness (QED) is 0.695. The van der Waals surface area contributed by atoms with Gasteiger partial charge in [-0.3, -0.25) is 4.79 Å². The molecule has 0 amide bonds. The lowest BCUT2D eigenvalue weighted by Crippen LogP contribution is -2.11. The highest BCUT2D eigenvalue weighted by molar-refractivity contribution is 6.50. The summed E-state index contributed by atoms with van der Waals surface area (Å²) in [5, 5.41) is 10.4. The van der Waals surface area contributed by atoms with E-state index >= 15 is 0 Å². The number of hydrogen-bond donors (Lipinski definition) is 2. The molecule has 3 rings (SSSR count). The second-order valence-corrected chi connectivity index (χ2v) is 5.97. The van der Waals surface area contributed by atoms with E-state index in [0.717, 1.165) is 0 Å². The molecule has 0 aliphatic carbocycles. The van der Waals surface area contributed by atoms with Gasteiger partial charge in [0.2, 0.25) is 0 Å². The fourth-order valence-electron chi connectivity index (χ4n) is 2.59. The minimum atomic E-state index is -0.361. The van der Waals surface area contributed by atoms with Crippen LogP contribution in [0.1, 0.15) is 11.4 Å². The number of aromatic hydroxyl groups is 1. The third-order valence-corrected chi connectivity index (χ3v) is 4.22. The van der Waals surface area contributed by atoms with E-state index in [-0.39, 0.29) is 22.2 Å². The predicted molar refractivity (Wildman–Crippen MR) is 104 cm³/mol. The molecule has 0 spiro atoms. The van der Waals surface area contributed by atoms with Crippen molar-refractivity contribution in [2.45, 2.75) is 0 Å². The molecule has 1 aromatic heterocycles. The van der Waals surface area contributed by atoms with E-state index in [2.05, 4.69) is 9.97 Å². The number of halogens is 1. The minimum Gasteiger partial charge on any atom is -0.504 e. The Morgan fingerprint density at radius 2 is 1.74 bits per heavy atom. The molecule has 0 fully saturated rings. The van der Waals surface area contributed by atoms with Crippen molar-refractivity contribution >= 4 is 33.6 Å². The molecule has 0 unspecified atom stereocenters. The second kappa shape index (κ2) is 7.59.